The molecule has 0 amide bonds. The van der Waals surface area contributed by atoms with Crippen molar-refractivity contribution in [3.8, 4) is 16.9 Å². The van der Waals surface area contributed by atoms with Gasteiger partial charge in [-0.3, -0.25) is 5.10 Å². The summed E-state index contributed by atoms with van der Waals surface area (Å²) in [6.07, 6.45) is 0.520. The first-order valence-corrected chi connectivity index (χ1v) is 7.61. The summed E-state index contributed by atoms with van der Waals surface area (Å²) in [7, 11) is 1.63. The second kappa shape index (κ2) is 6.48. The van der Waals surface area contributed by atoms with Crippen LogP contribution in [0.25, 0.3) is 11.1 Å². The standard InChI is InChI=1S/C16H14Cl2N4O/c1-23-11-4-2-10(3-5-11)15-12(17)6-9(7-13(15)18)8-14-20-16(19)22-21-14/h2-7H,8H2,1H3,(H3,19,20,21,22). The number of hydrogen-bond acceptors (Lipinski definition) is 4. The first-order valence-electron chi connectivity index (χ1n) is 6.86. The van der Waals surface area contributed by atoms with Gasteiger partial charge < -0.3 is 10.5 Å². The van der Waals surface area contributed by atoms with E-state index in [-0.39, 0.29) is 5.95 Å². The molecule has 0 atom stereocenters. The molecular formula is C16H14Cl2N4O. The number of nitrogens with zero attached hydrogens (tertiary/aromatic N) is 2. The summed E-state index contributed by atoms with van der Waals surface area (Å²) in [5.74, 6) is 1.65. The third-order valence-corrected chi connectivity index (χ3v) is 4.00. The molecule has 1 aromatic heterocycles. The van der Waals surface area contributed by atoms with E-state index in [1.54, 1.807) is 7.11 Å². The van der Waals surface area contributed by atoms with Gasteiger partial charge in [-0.05, 0) is 35.4 Å². The Balaban J connectivity index is 1.93. The van der Waals surface area contributed by atoms with Gasteiger partial charge in [0.1, 0.15) is 11.6 Å². The summed E-state index contributed by atoms with van der Waals surface area (Å²) < 4.78 is 5.16. The molecule has 3 N–H and O–H groups in total. The molecule has 0 unspecified atom stereocenters. The Bertz CT molecular complexity index is 807. The molecule has 0 aliphatic heterocycles. The highest BCUT2D eigenvalue weighted by molar-refractivity contribution is 6.39. The maximum absolute atomic E-state index is 6.43. The van der Waals surface area contributed by atoms with E-state index in [0.29, 0.717) is 22.3 Å². The number of ether oxygens (including phenoxy) is 1. The molecule has 118 valence electrons. The molecule has 3 aromatic rings. The van der Waals surface area contributed by atoms with Gasteiger partial charge in [0.15, 0.2) is 0 Å². The normalized spacial score (nSPS) is 10.7. The number of H-pyrrole nitrogens is 1. The van der Waals surface area contributed by atoms with E-state index in [2.05, 4.69) is 15.2 Å². The van der Waals surface area contributed by atoms with Crippen LogP contribution in [0.3, 0.4) is 0 Å². The number of rotatable bonds is 4. The lowest BCUT2D eigenvalue weighted by Crippen LogP contribution is -1.93. The lowest BCUT2D eigenvalue weighted by molar-refractivity contribution is 0.415. The van der Waals surface area contributed by atoms with Gasteiger partial charge in [-0.15, -0.1) is 5.10 Å². The van der Waals surface area contributed by atoms with E-state index in [1.807, 2.05) is 36.4 Å². The minimum absolute atomic E-state index is 0.215. The highest BCUT2D eigenvalue weighted by atomic mass is 35.5. The minimum Gasteiger partial charge on any atom is -0.497 e. The molecule has 0 saturated heterocycles. The fourth-order valence-corrected chi connectivity index (χ4v) is 3.09. The molecule has 0 bridgehead atoms. The lowest BCUT2D eigenvalue weighted by atomic mass is 10.0. The van der Waals surface area contributed by atoms with Crippen molar-refractivity contribution in [3.63, 3.8) is 0 Å². The SMILES string of the molecule is COc1ccc(-c2c(Cl)cc(Cc3nc(N)n[nH]3)cc2Cl)cc1. The van der Waals surface area contributed by atoms with Gasteiger partial charge in [-0.25, -0.2) is 0 Å². The number of nitrogens with two attached hydrogens (primary N) is 1. The summed E-state index contributed by atoms with van der Waals surface area (Å²) in [6, 6.07) is 11.3. The average molecular weight is 349 g/mol. The van der Waals surface area contributed by atoms with E-state index < -0.39 is 0 Å². The maximum atomic E-state index is 6.43. The topological polar surface area (TPSA) is 76.8 Å². The summed E-state index contributed by atoms with van der Waals surface area (Å²) in [4.78, 5) is 4.08. The van der Waals surface area contributed by atoms with Gasteiger partial charge >= 0.3 is 0 Å². The van der Waals surface area contributed by atoms with Crippen LogP contribution in [-0.4, -0.2) is 22.3 Å². The predicted octanol–water partition coefficient (Wildman–Crippen LogP) is 3.96. The monoisotopic (exact) mass is 348 g/mol. The Morgan fingerprint density at radius 1 is 1.13 bits per heavy atom. The average Bonchev–Trinajstić information content (AvgIpc) is 2.92. The first-order chi connectivity index (χ1) is 11.1. The molecule has 2 aromatic carbocycles. The van der Waals surface area contributed by atoms with E-state index >= 15 is 0 Å². The zero-order valence-electron chi connectivity index (χ0n) is 12.3. The van der Waals surface area contributed by atoms with Crippen LogP contribution in [0.1, 0.15) is 11.4 Å². The molecular weight excluding hydrogens is 335 g/mol. The van der Waals surface area contributed by atoms with Gasteiger partial charge in [0.05, 0.1) is 17.2 Å². The van der Waals surface area contributed by atoms with Crippen molar-refractivity contribution < 1.29 is 4.74 Å². The smallest absolute Gasteiger partial charge is 0.239 e. The highest BCUT2D eigenvalue weighted by Gasteiger charge is 2.12. The number of methoxy groups -OCH3 is 1. The molecule has 5 nitrogen and oxygen atoms in total. The Labute approximate surface area is 143 Å². The molecule has 0 radical (unpaired) electrons. The number of anilines is 1. The van der Waals surface area contributed by atoms with Crippen LogP contribution in [0.5, 0.6) is 5.75 Å². The Morgan fingerprint density at radius 2 is 1.78 bits per heavy atom. The second-order valence-corrected chi connectivity index (χ2v) is 5.79. The zero-order valence-corrected chi connectivity index (χ0v) is 13.8. The van der Waals surface area contributed by atoms with Gasteiger partial charge in [-0.1, -0.05) is 35.3 Å². The lowest BCUT2D eigenvalue weighted by Gasteiger charge is -2.10. The number of halogens is 2. The summed E-state index contributed by atoms with van der Waals surface area (Å²) in [6.45, 7) is 0. The molecule has 0 saturated carbocycles. The van der Waals surface area contributed by atoms with E-state index in [1.165, 1.54) is 0 Å². The van der Waals surface area contributed by atoms with E-state index in [4.69, 9.17) is 33.7 Å². The van der Waals surface area contributed by atoms with Crippen LogP contribution >= 0.6 is 23.2 Å². The molecule has 0 aliphatic carbocycles. The van der Waals surface area contributed by atoms with E-state index in [0.717, 1.165) is 22.4 Å². The van der Waals surface area contributed by atoms with Crippen LogP contribution in [0.2, 0.25) is 10.0 Å². The zero-order chi connectivity index (χ0) is 16.4. The second-order valence-electron chi connectivity index (χ2n) is 4.98. The third kappa shape index (κ3) is 3.41. The first kappa shape index (κ1) is 15.6. The summed E-state index contributed by atoms with van der Waals surface area (Å²) >= 11 is 12.9. The minimum atomic E-state index is 0.215. The van der Waals surface area contributed by atoms with E-state index in [9.17, 15) is 0 Å². The third-order valence-electron chi connectivity index (χ3n) is 3.40. The maximum Gasteiger partial charge on any atom is 0.239 e. The summed E-state index contributed by atoms with van der Waals surface area (Å²) in [5.41, 5.74) is 8.14. The number of nitrogens with one attached hydrogen (secondary N) is 1. The highest BCUT2D eigenvalue weighted by Crippen LogP contribution is 2.36. The molecule has 7 heteroatoms. The predicted molar refractivity (Wildman–Crippen MR) is 92.1 cm³/mol. The van der Waals surface area contributed by atoms with Crippen LogP contribution in [0.15, 0.2) is 36.4 Å². The number of hydrogen-bond donors (Lipinski definition) is 2. The van der Waals surface area contributed by atoms with Gasteiger partial charge in [0.25, 0.3) is 0 Å². The molecule has 23 heavy (non-hydrogen) atoms. The Morgan fingerprint density at radius 3 is 2.30 bits per heavy atom. The number of benzene rings is 2. The van der Waals surface area contributed by atoms with Gasteiger partial charge in [-0.2, -0.15) is 4.98 Å². The fourth-order valence-electron chi connectivity index (χ4n) is 2.34. The van der Waals surface area contributed by atoms with Crippen LogP contribution in [0, 0.1) is 0 Å². The van der Waals surface area contributed by atoms with Crippen molar-refractivity contribution in [2.24, 2.45) is 0 Å². The van der Waals surface area contributed by atoms with Crippen LogP contribution < -0.4 is 10.5 Å². The van der Waals surface area contributed by atoms with Crippen molar-refractivity contribution in [2.45, 2.75) is 6.42 Å². The fraction of sp³-hybridized carbons (Fsp3) is 0.125. The molecule has 0 fully saturated rings. The molecule has 0 aliphatic rings. The molecule has 0 spiro atoms. The summed E-state index contributed by atoms with van der Waals surface area (Å²) in [5, 5.41) is 7.72. The Hall–Kier alpha value is -2.24. The Kier molecular flexibility index (Phi) is 4.41. The van der Waals surface area contributed by atoms with Crippen LogP contribution in [0.4, 0.5) is 5.95 Å². The molecule has 1 heterocycles. The van der Waals surface area contributed by atoms with Gasteiger partial charge in [0, 0.05) is 12.0 Å². The van der Waals surface area contributed by atoms with Crippen molar-refractivity contribution in [3.05, 3.63) is 57.8 Å². The number of aromatic nitrogens is 3. The van der Waals surface area contributed by atoms with Crippen molar-refractivity contribution in [1.82, 2.24) is 15.2 Å². The number of aromatic amines is 1. The molecule has 3 rings (SSSR count). The van der Waals surface area contributed by atoms with Gasteiger partial charge in [0.2, 0.25) is 5.95 Å². The largest absolute Gasteiger partial charge is 0.497 e. The quantitative estimate of drug-likeness (QED) is 0.747. The van der Waals surface area contributed by atoms with Crippen molar-refractivity contribution in [2.75, 3.05) is 12.8 Å². The van der Waals surface area contributed by atoms with Crippen LogP contribution in [-0.2, 0) is 6.42 Å². The number of nitrogen functional groups attached to an aromatic ring is 1. The van der Waals surface area contributed by atoms with Crippen molar-refractivity contribution >= 4 is 29.2 Å². The van der Waals surface area contributed by atoms with Crippen molar-refractivity contribution in [1.29, 1.82) is 0 Å².